The number of aliphatic hydroxyl groups excluding tert-OH is 1. The van der Waals surface area contributed by atoms with Crippen LogP contribution in [0, 0.1) is 24.5 Å². The maximum Gasteiger partial charge on any atom is 0.152 e. The minimum absolute atomic E-state index is 0.0410. The number of β-amino-alcohol motifs (C(OH)–C–C–N with tert-alkyl or cyclic N) is 1. The number of anilines is 1. The highest BCUT2D eigenvalue weighted by Gasteiger charge is 2.32. The Morgan fingerprint density at radius 1 is 1.15 bits per heavy atom. The van der Waals surface area contributed by atoms with Crippen molar-refractivity contribution in [2.24, 2.45) is 5.92 Å². The van der Waals surface area contributed by atoms with Crippen molar-refractivity contribution in [1.82, 2.24) is 9.97 Å². The smallest absolute Gasteiger partial charge is 0.152 e. The molecule has 134 valence electrons. The normalized spacial score (nSPS) is 20.1. The number of benzene rings is 1. The average molecular weight is 355 g/mol. The summed E-state index contributed by atoms with van der Waals surface area (Å²) in [4.78, 5) is 10.2. The maximum absolute atomic E-state index is 14.2. The van der Waals surface area contributed by atoms with Crippen molar-refractivity contribution >= 4 is 16.6 Å². The van der Waals surface area contributed by atoms with Crippen LogP contribution in [0.4, 0.5) is 14.5 Å². The second-order valence-corrected chi connectivity index (χ2v) is 6.86. The van der Waals surface area contributed by atoms with Crippen molar-refractivity contribution in [3.63, 3.8) is 0 Å². The summed E-state index contributed by atoms with van der Waals surface area (Å²) in [6.45, 7) is 2.82. The molecular weight excluding hydrogens is 336 g/mol. The largest absolute Gasteiger partial charge is 0.391 e. The summed E-state index contributed by atoms with van der Waals surface area (Å²) in [5.74, 6) is -1.26. The molecule has 4 nitrogen and oxygen atoms in total. The van der Waals surface area contributed by atoms with Gasteiger partial charge in [0.05, 0.1) is 6.10 Å². The van der Waals surface area contributed by atoms with E-state index in [0.717, 1.165) is 18.1 Å². The molecule has 3 heterocycles. The molecule has 1 N–H and O–H groups in total. The minimum Gasteiger partial charge on any atom is -0.391 e. The second kappa shape index (κ2) is 6.61. The predicted octanol–water partition coefficient (Wildman–Crippen LogP) is 3.26. The first kappa shape index (κ1) is 16.8. The zero-order valence-electron chi connectivity index (χ0n) is 14.4. The Labute approximate surface area is 150 Å². The van der Waals surface area contributed by atoms with Gasteiger partial charge in [-0.1, -0.05) is 0 Å². The van der Waals surface area contributed by atoms with E-state index in [4.69, 9.17) is 0 Å². The lowest BCUT2D eigenvalue weighted by Crippen LogP contribution is -2.21. The standard InChI is InChI=1S/C20H19F2N3O/c1-12-6-18(16-8-15(21)9-17(22)20(16)24-12)25-10-14(19(26)11-25)7-13-2-4-23-5-3-13/h2-6,8-9,14,19,26H,7,10-11H2,1H3/t14-,19+/m1/s1. The Morgan fingerprint density at radius 3 is 2.69 bits per heavy atom. The molecule has 3 aromatic rings. The van der Waals surface area contributed by atoms with Gasteiger partial charge in [-0.05, 0) is 43.2 Å². The van der Waals surface area contributed by atoms with Gasteiger partial charge in [0, 0.05) is 54.2 Å². The Hall–Kier alpha value is -2.60. The number of halogens is 2. The fraction of sp³-hybridized carbons (Fsp3) is 0.300. The lowest BCUT2D eigenvalue weighted by atomic mass is 9.97. The van der Waals surface area contributed by atoms with Gasteiger partial charge in [0.25, 0.3) is 0 Å². The van der Waals surface area contributed by atoms with Crippen molar-refractivity contribution < 1.29 is 13.9 Å². The Kier molecular flexibility index (Phi) is 4.28. The van der Waals surface area contributed by atoms with Gasteiger partial charge in [0.2, 0.25) is 0 Å². The third-order valence-electron chi connectivity index (χ3n) is 4.93. The molecule has 4 rings (SSSR count). The van der Waals surface area contributed by atoms with E-state index in [2.05, 4.69) is 9.97 Å². The van der Waals surface area contributed by atoms with Gasteiger partial charge in [-0.25, -0.2) is 13.8 Å². The number of aromatic nitrogens is 2. The third-order valence-corrected chi connectivity index (χ3v) is 4.93. The van der Waals surface area contributed by atoms with Crippen molar-refractivity contribution in [2.75, 3.05) is 18.0 Å². The van der Waals surface area contributed by atoms with Crippen LogP contribution in [0.1, 0.15) is 11.3 Å². The van der Waals surface area contributed by atoms with Gasteiger partial charge in [-0.2, -0.15) is 0 Å². The number of hydrogen-bond donors (Lipinski definition) is 1. The molecule has 26 heavy (non-hydrogen) atoms. The predicted molar refractivity (Wildman–Crippen MR) is 96.0 cm³/mol. The molecule has 0 unspecified atom stereocenters. The van der Waals surface area contributed by atoms with Crippen molar-refractivity contribution in [3.05, 3.63) is 65.6 Å². The van der Waals surface area contributed by atoms with Crippen molar-refractivity contribution in [2.45, 2.75) is 19.4 Å². The number of rotatable bonds is 3. The van der Waals surface area contributed by atoms with Crippen LogP contribution >= 0.6 is 0 Å². The van der Waals surface area contributed by atoms with E-state index >= 15 is 0 Å². The summed E-state index contributed by atoms with van der Waals surface area (Å²) in [5, 5.41) is 10.9. The molecule has 1 aliphatic heterocycles. The molecule has 0 radical (unpaired) electrons. The lowest BCUT2D eigenvalue weighted by molar-refractivity contribution is 0.148. The molecule has 2 atom stereocenters. The van der Waals surface area contributed by atoms with E-state index < -0.39 is 17.7 Å². The van der Waals surface area contributed by atoms with Crippen LogP contribution in [-0.2, 0) is 6.42 Å². The summed E-state index contributed by atoms with van der Waals surface area (Å²) in [6.07, 6.45) is 3.69. The third kappa shape index (κ3) is 3.12. The first-order chi connectivity index (χ1) is 12.5. The highest BCUT2D eigenvalue weighted by Crippen LogP contribution is 2.33. The van der Waals surface area contributed by atoms with Gasteiger partial charge in [0.15, 0.2) is 5.82 Å². The van der Waals surface area contributed by atoms with E-state index in [0.29, 0.717) is 29.9 Å². The average Bonchev–Trinajstić information content (AvgIpc) is 2.96. The van der Waals surface area contributed by atoms with Crippen LogP contribution in [0.2, 0.25) is 0 Å². The van der Waals surface area contributed by atoms with Gasteiger partial charge < -0.3 is 10.0 Å². The van der Waals surface area contributed by atoms with E-state index in [1.165, 1.54) is 6.07 Å². The lowest BCUT2D eigenvalue weighted by Gasteiger charge is -2.21. The van der Waals surface area contributed by atoms with Crippen molar-refractivity contribution in [3.8, 4) is 0 Å². The molecule has 0 saturated carbocycles. The zero-order chi connectivity index (χ0) is 18.3. The highest BCUT2D eigenvalue weighted by molar-refractivity contribution is 5.92. The molecule has 0 bridgehead atoms. The van der Waals surface area contributed by atoms with E-state index in [1.807, 2.05) is 23.1 Å². The SMILES string of the molecule is Cc1cc(N2C[C@@H](Cc3ccncc3)[C@@H](O)C2)c2cc(F)cc(F)c2n1. The molecule has 1 aromatic carbocycles. The summed E-state index contributed by atoms with van der Waals surface area (Å²) in [5.41, 5.74) is 2.64. The van der Waals surface area contributed by atoms with Gasteiger partial charge in [-0.15, -0.1) is 0 Å². The second-order valence-electron chi connectivity index (χ2n) is 6.86. The Morgan fingerprint density at radius 2 is 1.92 bits per heavy atom. The van der Waals surface area contributed by atoms with E-state index in [9.17, 15) is 13.9 Å². The summed E-state index contributed by atoms with van der Waals surface area (Å²) in [6, 6.07) is 7.85. The van der Waals surface area contributed by atoms with E-state index in [1.54, 1.807) is 19.3 Å². The van der Waals surface area contributed by atoms with Gasteiger partial charge in [-0.3, -0.25) is 4.98 Å². The fourth-order valence-electron chi connectivity index (χ4n) is 3.69. The minimum atomic E-state index is -0.668. The number of hydrogen-bond acceptors (Lipinski definition) is 4. The molecular formula is C20H19F2N3O. The molecule has 1 fully saturated rings. The molecule has 2 aromatic heterocycles. The first-order valence-corrected chi connectivity index (χ1v) is 8.59. The van der Waals surface area contributed by atoms with Gasteiger partial charge >= 0.3 is 0 Å². The molecule has 1 aliphatic rings. The topological polar surface area (TPSA) is 49.2 Å². The van der Waals surface area contributed by atoms with Crippen LogP contribution in [0.25, 0.3) is 10.9 Å². The first-order valence-electron chi connectivity index (χ1n) is 8.59. The zero-order valence-corrected chi connectivity index (χ0v) is 14.4. The van der Waals surface area contributed by atoms with Crippen LogP contribution in [-0.4, -0.2) is 34.3 Å². The molecule has 1 saturated heterocycles. The maximum atomic E-state index is 14.2. The van der Waals surface area contributed by atoms with Gasteiger partial charge in [0.1, 0.15) is 11.3 Å². The molecule has 6 heteroatoms. The van der Waals surface area contributed by atoms with Crippen LogP contribution < -0.4 is 4.90 Å². The highest BCUT2D eigenvalue weighted by atomic mass is 19.1. The van der Waals surface area contributed by atoms with Crippen molar-refractivity contribution in [1.29, 1.82) is 0 Å². The fourth-order valence-corrected chi connectivity index (χ4v) is 3.69. The summed E-state index contributed by atoms with van der Waals surface area (Å²) in [7, 11) is 0. The number of nitrogens with zero attached hydrogens (tertiary/aromatic N) is 3. The molecule has 0 amide bonds. The van der Waals surface area contributed by atoms with Crippen LogP contribution in [0.3, 0.4) is 0 Å². The molecule has 0 aliphatic carbocycles. The summed E-state index contributed by atoms with van der Waals surface area (Å²) < 4.78 is 27.9. The van der Waals surface area contributed by atoms with Crippen LogP contribution in [0.15, 0.2) is 42.7 Å². The Bertz CT molecular complexity index is 949. The summed E-state index contributed by atoms with van der Waals surface area (Å²) >= 11 is 0. The van der Waals surface area contributed by atoms with Crippen LogP contribution in [0.5, 0.6) is 0 Å². The molecule has 0 spiro atoms. The number of fused-ring (bicyclic) bond motifs is 1. The Balaban J connectivity index is 1.68. The monoisotopic (exact) mass is 355 g/mol. The quantitative estimate of drug-likeness (QED) is 0.784. The van der Waals surface area contributed by atoms with E-state index in [-0.39, 0.29) is 11.4 Å². The number of pyridine rings is 2. The number of aryl methyl sites for hydroxylation is 1. The number of aliphatic hydroxyl groups is 1.